The van der Waals surface area contributed by atoms with Gasteiger partial charge in [-0.25, -0.2) is 0 Å². The van der Waals surface area contributed by atoms with E-state index < -0.39 is 0 Å². The van der Waals surface area contributed by atoms with E-state index in [2.05, 4.69) is 12.2 Å². The van der Waals surface area contributed by atoms with Crippen molar-refractivity contribution in [2.24, 2.45) is 0 Å². The van der Waals surface area contributed by atoms with Crippen LogP contribution >= 0.6 is 0 Å². The molecule has 0 spiro atoms. The van der Waals surface area contributed by atoms with Crippen molar-refractivity contribution in [3.63, 3.8) is 0 Å². The molecular weight excluding hydrogens is 240 g/mol. The van der Waals surface area contributed by atoms with E-state index in [9.17, 15) is 4.79 Å². The lowest BCUT2D eigenvalue weighted by Gasteiger charge is -2.32. The number of piperazine rings is 1. The van der Waals surface area contributed by atoms with Gasteiger partial charge in [0.2, 0.25) is 0 Å². The first-order valence-electron chi connectivity index (χ1n) is 6.88. The van der Waals surface area contributed by atoms with Crippen molar-refractivity contribution in [2.75, 3.05) is 26.2 Å². The number of hydrogen-bond acceptors (Lipinski definition) is 3. The third-order valence-corrected chi connectivity index (χ3v) is 3.39. The third kappa shape index (κ3) is 3.26. The number of nitrogens with zero attached hydrogens (tertiary/aromatic N) is 1. The molecule has 1 saturated heterocycles. The van der Waals surface area contributed by atoms with E-state index in [1.807, 2.05) is 36.9 Å². The summed E-state index contributed by atoms with van der Waals surface area (Å²) in [6, 6.07) is 6.04. The molecule has 104 valence electrons. The smallest absolute Gasteiger partial charge is 0.254 e. The van der Waals surface area contributed by atoms with Gasteiger partial charge in [-0.1, -0.05) is 6.07 Å². The molecule has 0 radical (unpaired) electrons. The molecule has 1 aromatic carbocycles. The van der Waals surface area contributed by atoms with Crippen LogP contribution in [-0.4, -0.2) is 43.1 Å². The monoisotopic (exact) mass is 262 g/mol. The Labute approximate surface area is 114 Å². The zero-order chi connectivity index (χ0) is 13.8. The van der Waals surface area contributed by atoms with E-state index in [-0.39, 0.29) is 5.91 Å². The lowest BCUT2D eigenvalue weighted by molar-refractivity contribution is 0.0708. The van der Waals surface area contributed by atoms with Gasteiger partial charge in [0.05, 0.1) is 6.61 Å². The molecule has 0 bridgehead atoms. The molecule has 1 aliphatic heterocycles. The number of carbonyl (C=O) groups is 1. The highest BCUT2D eigenvalue weighted by Crippen LogP contribution is 2.21. The average Bonchev–Trinajstić information content (AvgIpc) is 2.41. The minimum Gasteiger partial charge on any atom is -0.494 e. The van der Waals surface area contributed by atoms with Gasteiger partial charge in [0.1, 0.15) is 5.75 Å². The number of nitrogens with one attached hydrogen (secondary N) is 1. The summed E-state index contributed by atoms with van der Waals surface area (Å²) in [4.78, 5) is 14.4. The molecule has 2 rings (SSSR count). The molecule has 1 aromatic rings. The lowest BCUT2D eigenvalue weighted by Crippen LogP contribution is -2.51. The molecule has 1 N–H and O–H groups in total. The number of benzene rings is 1. The highest BCUT2D eigenvalue weighted by Gasteiger charge is 2.22. The number of rotatable bonds is 3. The Bertz CT molecular complexity index is 459. The van der Waals surface area contributed by atoms with Gasteiger partial charge in [0.25, 0.3) is 5.91 Å². The van der Waals surface area contributed by atoms with Crippen molar-refractivity contribution in [3.05, 3.63) is 29.3 Å². The van der Waals surface area contributed by atoms with Gasteiger partial charge in [0.15, 0.2) is 0 Å². The molecule has 1 fully saturated rings. The van der Waals surface area contributed by atoms with E-state index in [4.69, 9.17) is 4.74 Å². The summed E-state index contributed by atoms with van der Waals surface area (Å²) in [5.41, 5.74) is 1.77. The zero-order valence-corrected chi connectivity index (χ0v) is 11.9. The zero-order valence-electron chi connectivity index (χ0n) is 11.9. The summed E-state index contributed by atoms with van der Waals surface area (Å²) in [5.74, 6) is 0.894. The first kappa shape index (κ1) is 13.9. The van der Waals surface area contributed by atoms with Crippen LogP contribution in [-0.2, 0) is 0 Å². The van der Waals surface area contributed by atoms with E-state index >= 15 is 0 Å². The predicted molar refractivity (Wildman–Crippen MR) is 75.7 cm³/mol. The lowest BCUT2D eigenvalue weighted by atomic mass is 10.1. The molecule has 0 saturated carbocycles. The van der Waals surface area contributed by atoms with E-state index in [0.717, 1.165) is 30.9 Å². The first-order chi connectivity index (χ1) is 9.11. The van der Waals surface area contributed by atoms with Crippen molar-refractivity contribution < 1.29 is 9.53 Å². The minimum absolute atomic E-state index is 0.0919. The van der Waals surface area contributed by atoms with Gasteiger partial charge in [-0.05, 0) is 38.5 Å². The van der Waals surface area contributed by atoms with Gasteiger partial charge in [-0.15, -0.1) is 0 Å². The molecule has 4 heteroatoms. The molecule has 0 aromatic heterocycles. The molecule has 1 aliphatic rings. The summed E-state index contributed by atoms with van der Waals surface area (Å²) in [5, 5.41) is 3.34. The highest BCUT2D eigenvalue weighted by molar-refractivity contribution is 5.94. The standard InChI is InChI=1S/C15H22N2O2/c1-4-19-14-9-13(6-5-11(14)2)15(18)17-8-7-16-12(3)10-17/h5-6,9,12,16H,4,7-8,10H2,1-3H3/t12-/m0/s1. The Balaban J connectivity index is 2.16. The number of aryl methyl sites for hydroxylation is 1. The van der Waals surface area contributed by atoms with Crippen LogP contribution in [0.1, 0.15) is 29.8 Å². The van der Waals surface area contributed by atoms with Crippen LogP contribution in [0.25, 0.3) is 0 Å². The van der Waals surface area contributed by atoms with Crippen LogP contribution in [0, 0.1) is 6.92 Å². The first-order valence-corrected chi connectivity index (χ1v) is 6.88. The average molecular weight is 262 g/mol. The molecule has 0 aliphatic carbocycles. The van der Waals surface area contributed by atoms with E-state index in [1.165, 1.54) is 0 Å². The molecular formula is C15H22N2O2. The maximum Gasteiger partial charge on any atom is 0.254 e. The second-order valence-electron chi connectivity index (χ2n) is 5.02. The van der Waals surface area contributed by atoms with Crippen LogP contribution < -0.4 is 10.1 Å². The largest absolute Gasteiger partial charge is 0.494 e. The van der Waals surface area contributed by atoms with Crippen molar-refractivity contribution in [2.45, 2.75) is 26.8 Å². The number of hydrogen-bond donors (Lipinski definition) is 1. The molecule has 1 amide bonds. The molecule has 19 heavy (non-hydrogen) atoms. The van der Waals surface area contributed by atoms with Crippen LogP contribution in [0.5, 0.6) is 5.75 Å². The summed E-state index contributed by atoms with van der Waals surface area (Å²) in [6.07, 6.45) is 0. The van der Waals surface area contributed by atoms with Crippen molar-refractivity contribution in [1.82, 2.24) is 10.2 Å². The summed E-state index contributed by atoms with van der Waals surface area (Å²) >= 11 is 0. The summed E-state index contributed by atoms with van der Waals surface area (Å²) in [7, 11) is 0. The fourth-order valence-corrected chi connectivity index (χ4v) is 2.34. The van der Waals surface area contributed by atoms with Crippen molar-refractivity contribution in [3.8, 4) is 5.75 Å². The third-order valence-electron chi connectivity index (χ3n) is 3.39. The predicted octanol–water partition coefficient (Wildman–Crippen LogP) is 1.83. The van der Waals surface area contributed by atoms with Gasteiger partial charge in [-0.2, -0.15) is 0 Å². The van der Waals surface area contributed by atoms with Crippen molar-refractivity contribution >= 4 is 5.91 Å². The van der Waals surface area contributed by atoms with Crippen LogP contribution in [0.15, 0.2) is 18.2 Å². The van der Waals surface area contributed by atoms with Crippen LogP contribution in [0.3, 0.4) is 0 Å². The Morgan fingerprint density at radius 1 is 1.53 bits per heavy atom. The molecule has 4 nitrogen and oxygen atoms in total. The Hall–Kier alpha value is -1.55. The van der Waals surface area contributed by atoms with Gasteiger partial charge in [0, 0.05) is 31.2 Å². The summed E-state index contributed by atoms with van der Waals surface area (Å²) < 4.78 is 5.55. The number of carbonyl (C=O) groups excluding carboxylic acids is 1. The Morgan fingerprint density at radius 2 is 2.32 bits per heavy atom. The van der Waals surface area contributed by atoms with Gasteiger partial charge >= 0.3 is 0 Å². The van der Waals surface area contributed by atoms with Crippen molar-refractivity contribution in [1.29, 1.82) is 0 Å². The van der Waals surface area contributed by atoms with Gasteiger partial charge in [-0.3, -0.25) is 4.79 Å². The SMILES string of the molecule is CCOc1cc(C(=O)N2CCN[C@@H](C)C2)ccc1C. The fourth-order valence-electron chi connectivity index (χ4n) is 2.34. The highest BCUT2D eigenvalue weighted by atomic mass is 16.5. The molecule has 1 atom stereocenters. The van der Waals surface area contributed by atoms with E-state index in [1.54, 1.807) is 0 Å². The van der Waals surface area contributed by atoms with E-state index in [0.29, 0.717) is 18.2 Å². The number of amides is 1. The van der Waals surface area contributed by atoms with Crippen LogP contribution in [0.4, 0.5) is 0 Å². The quantitative estimate of drug-likeness (QED) is 0.903. The Kier molecular flexibility index (Phi) is 4.43. The second kappa shape index (κ2) is 6.06. The number of ether oxygens (including phenoxy) is 1. The molecule has 0 unspecified atom stereocenters. The maximum atomic E-state index is 12.5. The fraction of sp³-hybridized carbons (Fsp3) is 0.533. The summed E-state index contributed by atoms with van der Waals surface area (Å²) in [6.45, 7) is 9.04. The molecule has 1 heterocycles. The van der Waals surface area contributed by atoms with Crippen LogP contribution in [0.2, 0.25) is 0 Å². The van der Waals surface area contributed by atoms with Gasteiger partial charge < -0.3 is 15.0 Å². The normalized spacial score (nSPS) is 19.3. The maximum absolute atomic E-state index is 12.5. The Morgan fingerprint density at radius 3 is 3.00 bits per heavy atom. The second-order valence-corrected chi connectivity index (χ2v) is 5.02. The topological polar surface area (TPSA) is 41.6 Å². The minimum atomic E-state index is 0.0919.